The fourth-order valence-electron chi connectivity index (χ4n) is 2.18. The predicted molar refractivity (Wildman–Crippen MR) is 69.2 cm³/mol. The van der Waals surface area contributed by atoms with Gasteiger partial charge >= 0.3 is 5.97 Å². The first-order valence-corrected chi connectivity index (χ1v) is 6.72. The molecule has 0 bridgehead atoms. The second-order valence-corrected chi connectivity index (χ2v) is 4.80. The van der Waals surface area contributed by atoms with Gasteiger partial charge in [-0.3, -0.25) is 19.3 Å². The number of hydrogen-bond donors (Lipinski definition) is 1. The molecule has 108 valence electrons. The maximum Gasteiger partial charge on any atom is 0.306 e. The van der Waals surface area contributed by atoms with E-state index < -0.39 is 0 Å². The van der Waals surface area contributed by atoms with Gasteiger partial charge in [-0.25, -0.2) is 0 Å². The molecular formula is C13H22N2O4. The third kappa shape index (κ3) is 5.83. The number of carbonyl (C=O) groups excluding carboxylic acids is 3. The highest BCUT2D eigenvalue weighted by molar-refractivity contribution is 5.84. The lowest BCUT2D eigenvalue weighted by molar-refractivity contribution is -0.144. The lowest BCUT2D eigenvalue weighted by Crippen LogP contribution is -2.40. The van der Waals surface area contributed by atoms with Gasteiger partial charge in [0.25, 0.3) is 0 Å². The Morgan fingerprint density at radius 3 is 2.37 bits per heavy atom. The van der Waals surface area contributed by atoms with Gasteiger partial charge in [0.05, 0.1) is 19.6 Å². The fourth-order valence-corrected chi connectivity index (χ4v) is 2.18. The summed E-state index contributed by atoms with van der Waals surface area (Å²) in [6.45, 7) is 3.83. The number of esters is 1. The number of nitrogens with zero attached hydrogens (tertiary/aromatic N) is 1. The van der Waals surface area contributed by atoms with Crippen LogP contribution in [0.25, 0.3) is 0 Å². The van der Waals surface area contributed by atoms with Crippen molar-refractivity contribution in [3.8, 4) is 0 Å². The van der Waals surface area contributed by atoms with Crippen molar-refractivity contribution in [3.63, 3.8) is 0 Å². The van der Waals surface area contributed by atoms with Crippen LogP contribution in [-0.2, 0) is 19.1 Å². The summed E-state index contributed by atoms with van der Waals surface area (Å²) in [6, 6.07) is 0. The van der Waals surface area contributed by atoms with Gasteiger partial charge in [0.1, 0.15) is 5.78 Å². The molecule has 1 fully saturated rings. The number of ketones is 1. The number of ether oxygens (including phenoxy) is 1. The summed E-state index contributed by atoms with van der Waals surface area (Å²) < 4.78 is 4.77. The van der Waals surface area contributed by atoms with Gasteiger partial charge < -0.3 is 10.5 Å². The molecule has 1 aliphatic heterocycles. The highest BCUT2D eigenvalue weighted by Crippen LogP contribution is 2.16. The molecule has 0 unspecified atom stereocenters. The highest BCUT2D eigenvalue weighted by atomic mass is 16.5. The van der Waals surface area contributed by atoms with Crippen LogP contribution in [0.4, 0.5) is 0 Å². The molecule has 19 heavy (non-hydrogen) atoms. The first kappa shape index (κ1) is 15.6. The van der Waals surface area contributed by atoms with Gasteiger partial charge in [-0.15, -0.1) is 0 Å². The second-order valence-electron chi connectivity index (χ2n) is 4.80. The van der Waals surface area contributed by atoms with Crippen LogP contribution in [0.5, 0.6) is 0 Å². The lowest BCUT2D eigenvalue weighted by atomic mass is 9.96. The Morgan fingerprint density at radius 2 is 1.84 bits per heavy atom. The molecule has 1 rings (SSSR count). The van der Waals surface area contributed by atoms with Crippen LogP contribution in [0.2, 0.25) is 0 Å². The molecule has 0 aliphatic carbocycles. The maximum absolute atomic E-state index is 11.7. The molecule has 0 aromatic carbocycles. The van der Waals surface area contributed by atoms with Gasteiger partial charge in [0, 0.05) is 12.3 Å². The Bertz CT molecular complexity index is 336. The van der Waals surface area contributed by atoms with Crippen molar-refractivity contribution >= 4 is 17.7 Å². The van der Waals surface area contributed by atoms with Crippen molar-refractivity contribution in [2.45, 2.75) is 32.6 Å². The van der Waals surface area contributed by atoms with Crippen LogP contribution in [0.15, 0.2) is 0 Å². The number of piperidine rings is 1. The summed E-state index contributed by atoms with van der Waals surface area (Å²) in [5.74, 6) is -0.618. The van der Waals surface area contributed by atoms with Crippen LogP contribution < -0.4 is 5.73 Å². The summed E-state index contributed by atoms with van der Waals surface area (Å²) in [7, 11) is 0. The van der Waals surface area contributed by atoms with E-state index in [2.05, 4.69) is 0 Å². The van der Waals surface area contributed by atoms with Crippen molar-refractivity contribution in [1.29, 1.82) is 0 Å². The Hall–Kier alpha value is -1.43. The Balaban J connectivity index is 2.20. The zero-order valence-corrected chi connectivity index (χ0v) is 11.4. The van der Waals surface area contributed by atoms with E-state index in [9.17, 15) is 14.4 Å². The summed E-state index contributed by atoms with van der Waals surface area (Å²) in [6.07, 6.45) is 1.78. The number of likely N-dealkylation sites (tertiary alicyclic amines) is 1. The lowest BCUT2D eigenvalue weighted by Gasteiger charge is -2.29. The van der Waals surface area contributed by atoms with E-state index in [1.54, 1.807) is 6.92 Å². The Labute approximate surface area is 113 Å². The van der Waals surface area contributed by atoms with E-state index in [0.717, 1.165) is 0 Å². The molecule has 0 atom stereocenters. The van der Waals surface area contributed by atoms with Crippen LogP contribution in [0.1, 0.15) is 32.6 Å². The number of amides is 1. The number of Topliss-reactive ketones (excluding diaryl/α,β-unsaturated/α-hetero) is 1. The molecule has 0 aromatic heterocycles. The summed E-state index contributed by atoms with van der Waals surface area (Å²) in [4.78, 5) is 35.8. The van der Waals surface area contributed by atoms with E-state index in [-0.39, 0.29) is 36.4 Å². The Kier molecular flexibility index (Phi) is 6.49. The zero-order chi connectivity index (χ0) is 14.3. The third-order valence-corrected chi connectivity index (χ3v) is 3.30. The largest absolute Gasteiger partial charge is 0.466 e. The fraction of sp³-hybridized carbons (Fsp3) is 0.769. The van der Waals surface area contributed by atoms with Crippen molar-refractivity contribution in [2.24, 2.45) is 11.7 Å². The van der Waals surface area contributed by atoms with Gasteiger partial charge in [-0.2, -0.15) is 0 Å². The standard InChI is InChI=1S/C13H22N2O4/c1-2-19-12(17)4-3-11(16)9-15-7-5-10(6-8-15)13(14)18/h10H,2-9H2,1H3,(H2,14,18). The molecule has 0 radical (unpaired) electrons. The molecule has 0 aromatic rings. The minimum absolute atomic E-state index is 0.0329. The summed E-state index contributed by atoms with van der Waals surface area (Å²) in [5.41, 5.74) is 5.25. The molecule has 1 heterocycles. The van der Waals surface area contributed by atoms with Crippen molar-refractivity contribution in [3.05, 3.63) is 0 Å². The molecule has 2 N–H and O–H groups in total. The zero-order valence-electron chi connectivity index (χ0n) is 11.4. The molecule has 0 saturated carbocycles. The van der Waals surface area contributed by atoms with Crippen molar-refractivity contribution in [1.82, 2.24) is 4.90 Å². The molecule has 1 saturated heterocycles. The van der Waals surface area contributed by atoms with Crippen molar-refractivity contribution in [2.75, 3.05) is 26.2 Å². The quantitative estimate of drug-likeness (QED) is 0.662. The molecule has 1 aliphatic rings. The normalized spacial score (nSPS) is 17.1. The monoisotopic (exact) mass is 270 g/mol. The number of hydrogen-bond acceptors (Lipinski definition) is 5. The van der Waals surface area contributed by atoms with Gasteiger partial charge in [-0.1, -0.05) is 0 Å². The summed E-state index contributed by atoms with van der Waals surface area (Å²) in [5, 5.41) is 0. The van der Waals surface area contributed by atoms with E-state index in [4.69, 9.17) is 10.5 Å². The summed E-state index contributed by atoms with van der Waals surface area (Å²) >= 11 is 0. The second kappa shape index (κ2) is 7.89. The molecular weight excluding hydrogens is 248 g/mol. The SMILES string of the molecule is CCOC(=O)CCC(=O)CN1CCC(C(N)=O)CC1. The number of primary amides is 1. The van der Waals surface area contributed by atoms with E-state index in [1.807, 2.05) is 4.90 Å². The average Bonchev–Trinajstić information content (AvgIpc) is 2.37. The molecule has 6 nitrogen and oxygen atoms in total. The van der Waals surface area contributed by atoms with Crippen molar-refractivity contribution < 1.29 is 19.1 Å². The number of rotatable bonds is 7. The van der Waals surface area contributed by atoms with Crippen LogP contribution in [-0.4, -0.2) is 48.8 Å². The minimum atomic E-state index is -0.330. The van der Waals surface area contributed by atoms with E-state index in [1.165, 1.54) is 0 Å². The average molecular weight is 270 g/mol. The topological polar surface area (TPSA) is 89.7 Å². The number of nitrogens with two attached hydrogens (primary N) is 1. The van der Waals surface area contributed by atoms with Crippen LogP contribution in [0.3, 0.4) is 0 Å². The molecule has 0 spiro atoms. The van der Waals surface area contributed by atoms with Gasteiger partial charge in [0.2, 0.25) is 5.91 Å². The van der Waals surface area contributed by atoms with Crippen LogP contribution in [0, 0.1) is 5.92 Å². The van der Waals surface area contributed by atoms with Gasteiger partial charge in [-0.05, 0) is 32.9 Å². The Morgan fingerprint density at radius 1 is 1.21 bits per heavy atom. The highest BCUT2D eigenvalue weighted by Gasteiger charge is 2.24. The first-order valence-electron chi connectivity index (χ1n) is 6.72. The van der Waals surface area contributed by atoms with Gasteiger partial charge in [0.15, 0.2) is 0 Å². The number of carbonyl (C=O) groups is 3. The first-order chi connectivity index (χ1) is 9.02. The molecule has 1 amide bonds. The predicted octanol–water partition coefficient (Wildman–Crippen LogP) is 0.0961. The maximum atomic E-state index is 11.7. The minimum Gasteiger partial charge on any atom is -0.466 e. The third-order valence-electron chi connectivity index (χ3n) is 3.30. The van der Waals surface area contributed by atoms with Crippen LogP contribution >= 0.6 is 0 Å². The van der Waals surface area contributed by atoms with E-state index in [0.29, 0.717) is 39.1 Å². The molecule has 6 heteroatoms. The van der Waals surface area contributed by atoms with E-state index >= 15 is 0 Å². The smallest absolute Gasteiger partial charge is 0.306 e.